The number of benzene rings is 2. The van der Waals surface area contributed by atoms with Gasteiger partial charge in [-0.1, -0.05) is 30.3 Å². The van der Waals surface area contributed by atoms with E-state index in [0.717, 1.165) is 10.5 Å². The van der Waals surface area contributed by atoms with Crippen molar-refractivity contribution in [2.45, 2.75) is 19.4 Å². The Morgan fingerprint density at radius 3 is 2.50 bits per heavy atom. The molecular weight excluding hydrogens is 308 g/mol. The van der Waals surface area contributed by atoms with Crippen molar-refractivity contribution >= 4 is 29.2 Å². The first kappa shape index (κ1) is 15.7. The Kier molecular flexibility index (Phi) is 4.04. The number of nitrogens with zero attached hydrogens (tertiary/aromatic N) is 1. The van der Waals surface area contributed by atoms with Gasteiger partial charge in [-0.25, -0.2) is 9.69 Å². The first-order valence-corrected chi connectivity index (χ1v) is 7.50. The summed E-state index contributed by atoms with van der Waals surface area (Å²) >= 11 is 0. The number of rotatable bonds is 4. The minimum Gasteiger partial charge on any atom is -0.478 e. The number of carbonyl (C=O) groups excluding carboxylic acids is 2. The van der Waals surface area contributed by atoms with E-state index in [1.54, 1.807) is 30.3 Å². The van der Waals surface area contributed by atoms with Gasteiger partial charge in [0.1, 0.15) is 6.04 Å². The number of amides is 2. The molecule has 0 bridgehead atoms. The first-order valence-electron chi connectivity index (χ1n) is 7.50. The number of nitrogens with one attached hydrogen (secondary N) is 1. The molecule has 1 heterocycles. The van der Waals surface area contributed by atoms with Gasteiger partial charge in [-0.05, 0) is 30.7 Å². The molecule has 2 N–H and O–H groups in total. The van der Waals surface area contributed by atoms with Crippen LogP contribution in [0.4, 0.5) is 11.4 Å². The second-order valence-electron chi connectivity index (χ2n) is 5.61. The lowest BCUT2D eigenvalue weighted by molar-refractivity contribution is -0.121. The van der Waals surface area contributed by atoms with Crippen molar-refractivity contribution in [1.82, 2.24) is 0 Å². The summed E-state index contributed by atoms with van der Waals surface area (Å²) in [5, 5.41) is 12.1. The summed E-state index contributed by atoms with van der Waals surface area (Å²) in [6, 6.07) is 12.7. The predicted octanol–water partition coefficient (Wildman–Crippen LogP) is 2.44. The minimum absolute atomic E-state index is 0.0128. The summed E-state index contributed by atoms with van der Waals surface area (Å²) in [5.41, 5.74) is 1.77. The number of anilines is 2. The van der Waals surface area contributed by atoms with Crippen LogP contribution in [0.3, 0.4) is 0 Å². The fourth-order valence-electron chi connectivity index (χ4n) is 2.80. The fourth-order valence-corrected chi connectivity index (χ4v) is 2.80. The van der Waals surface area contributed by atoms with Crippen molar-refractivity contribution in [3.05, 3.63) is 59.7 Å². The lowest BCUT2D eigenvalue weighted by atomic mass is 10.1. The highest BCUT2D eigenvalue weighted by Crippen LogP contribution is 2.28. The van der Waals surface area contributed by atoms with E-state index in [9.17, 15) is 19.5 Å². The number of carbonyl (C=O) groups is 3. The summed E-state index contributed by atoms with van der Waals surface area (Å²) in [6.07, 6.45) is -0.0128. The third-order valence-corrected chi connectivity index (χ3v) is 3.99. The molecule has 2 aromatic carbocycles. The van der Waals surface area contributed by atoms with Gasteiger partial charge >= 0.3 is 5.97 Å². The van der Waals surface area contributed by atoms with E-state index >= 15 is 0 Å². The molecule has 122 valence electrons. The molecule has 1 unspecified atom stereocenters. The van der Waals surface area contributed by atoms with E-state index in [2.05, 4.69) is 5.32 Å². The standard InChI is InChI=1S/C18H16N2O4/c1-11-6-2-5-9-15(11)20-16(21)10-14(17(20)22)19-13-8-4-3-7-12(13)18(23)24/h2-9,14,19H,10H2,1H3,(H,23,24). The molecule has 0 aromatic heterocycles. The van der Waals surface area contributed by atoms with Crippen LogP contribution < -0.4 is 10.2 Å². The number of hydrogen-bond acceptors (Lipinski definition) is 4. The molecule has 1 saturated heterocycles. The molecule has 6 nitrogen and oxygen atoms in total. The van der Waals surface area contributed by atoms with E-state index in [1.165, 1.54) is 6.07 Å². The van der Waals surface area contributed by atoms with Crippen molar-refractivity contribution in [3.63, 3.8) is 0 Å². The van der Waals surface area contributed by atoms with E-state index in [0.29, 0.717) is 11.4 Å². The third-order valence-electron chi connectivity index (χ3n) is 3.99. The summed E-state index contributed by atoms with van der Waals surface area (Å²) in [6.45, 7) is 1.83. The summed E-state index contributed by atoms with van der Waals surface area (Å²) < 4.78 is 0. The second kappa shape index (κ2) is 6.16. The molecule has 24 heavy (non-hydrogen) atoms. The quantitative estimate of drug-likeness (QED) is 0.844. The van der Waals surface area contributed by atoms with Crippen LogP contribution in [0.2, 0.25) is 0 Å². The van der Waals surface area contributed by atoms with E-state index < -0.39 is 12.0 Å². The van der Waals surface area contributed by atoms with Gasteiger partial charge in [0, 0.05) is 5.69 Å². The molecular formula is C18H16N2O4. The number of aryl methyl sites for hydroxylation is 1. The van der Waals surface area contributed by atoms with Crippen molar-refractivity contribution in [2.75, 3.05) is 10.2 Å². The normalized spacial score (nSPS) is 17.2. The van der Waals surface area contributed by atoms with Crippen LogP contribution in [-0.4, -0.2) is 28.9 Å². The Morgan fingerprint density at radius 1 is 1.12 bits per heavy atom. The zero-order valence-corrected chi connectivity index (χ0v) is 13.0. The molecule has 2 aromatic rings. The SMILES string of the molecule is Cc1ccccc1N1C(=O)CC(Nc2ccccc2C(=O)O)C1=O. The summed E-state index contributed by atoms with van der Waals surface area (Å²) in [5.74, 6) is -1.78. The van der Waals surface area contributed by atoms with E-state index in [-0.39, 0.29) is 23.8 Å². The van der Waals surface area contributed by atoms with Crippen LogP contribution in [0.1, 0.15) is 22.3 Å². The molecule has 2 amide bonds. The van der Waals surface area contributed by atoms with Gasteiger partial charge in [0.25, 0.3) is 5.91 Å². The highest BCUT2D eigenvalue weighted by atomic mass is 16.4. The highest BCUT2D eigenvalue weighted by molar-refractivity contribution is 6.23. The van der Waals surface area contributed by atoms with Crippen LogP contribution in [-0.2, 0) is 9.59 Å². The fraction of sp³-hybridized carbons (Fsp3) is 0.167. The Morgan fingerprint density at radius 2 is 1.79 bits per heavy atom. The molecule has 1 aliphatic heterocycles. The molecule has 6 heteroatoms. The summed E-state index contributed by atoms with van der Waals surface area (Å²) in [4.78, 5) is 37.4. The maximum absolute atomic E-state index is 12.6. The van der Waals surface area contributed by atoms with E-state index in [1.807, 2.05) is 19.1 Å². The Bertz CT molecular complexity index is 831. The van der Waals surface area contributed by atoms with Gasteiger partial charge in [0.05, 0.1) is 17.7 Å². The van der Waals surface area contributed by atoms with Crippen LogP contribution in [0, 0.1) is 6.92 Å². The minimum atomic E-state index is -1.09. The highest BCUT2D eigenvalue weighted by Gasteiger charge is 2.40. The van der Waals surface area contributed by atoms with Crippen LogP contribution in [0.25, 0.3) is 0 Å². The van der Waals surface area contributed by atoms with Crippen molar-refractivity contribution < 1.29 is 19.5 Å². The Hall–Kier alpha value is -3.15. The van der Waals surface area contributed by atoms with Crippen molar-refractivity contribution in [1.29, 1.82) is 0 Å². The molecule has 0 saturated carbocycles. The van der Waals surface area contributed by atoms with Crippen molar-refractivity contribution in [3.8, 4) is 0 Å². The molecule has 1 aliphatic rings. The van der Waals surface area contributed by atoms with Gasteiger partial charge in [-0.2, -0.15) is 0 Å². The molecule has 1 fully saturated rings. The molecule has 3 rings (SSSR count). The van der Waals surface area contributed by atoms with E-state index in [4.69, 9.17) is 0 Å². The van der Waals surface area contributed by atoms with Crippen LogP contribution in [0.5, 0.6) is 0 Å². The van der Waals surface area contributed by atoms with Gasteiger partial charge in [0.2, 0.25) is 5.91 Å². The second-order valence-corrected chi connectivity index (χ2v) is 5.61. The number of carboxylic acids is 1. The molecule has 0 aliphatic carbocycles. The lowest BCUT2D eigenvalue weighted by Crippen LogP contribution is -2.35. The molecule has 1 atom stereocenters. The van der Waals surface area contributed by atoms with Crippen molar-refractivity contribution in [2.24, 2.45) is 0 Å². The van der Waals surface area contributed by atoms with Crippen LogP contribution >= 0.6 is 0 Å². The zero-order chi connectivity index (χ0) is 17.3. The zero-order valence-electron chi connectivity index (χ0n) is 13.0. The van der Waals surface area contributed by atoms with Crippen LogP contribution in [0.15, 0.2) is 48.5 Å². The molecule has 0 radical (unpaired) electrons. The number of para-hydroxylation sites is 2. The maximum Gasteiger partial charge on any atom is 0.337 e. The van der Waals surface area contributed by atoms with Gasteiger partial charge < -0.3 is 10.4 Å². The molecule has 0 spiro atoms. The smallest absolute Gasteiger partial charge is 0.337 e. The first-order chi connectivity index (χ1) is 11.5. The number of aromatic carboxylic acids is 1. The van der Waals surface area contributed by atoms with Gasteiger partial charge in [0.15, 0.2) is 0 Å². The van der Waals surface area contributed by atoms with Gasteiger partial charge in [-0.3, -0.25) is 9.59 Å². The average molecular weight is 324 g/mol. The topological polar surface area (TPSA) is 86.7 Å². The number of hydrogen-bond donors (Lipinski definition) is 2. The Labute approximate surface area is 138 Å². The van der Waals surface area contributed by atoms with Gasteiger partial charge in [-0.15, -0.1) is 0 Å². The predicted molar refractivity (Wildman–Crippen MR) is 89.1 cm³/mol. The largest absolute Gasteiger partial charge is 0.478 e. The number of carboxylic acid groups (broad SMARTS) is 1. The average Bonchev–Trinajstić information content (AvgIpc) is 2.82. The lowest BCUT2D eigenvalue weighted by Gasteiger charge is -2.18. The maximum atomic E-state index is 12.6. The number of imide groups is 1. The monoisotopic (exact) mass is 324 g/mol. The third kappa shape index (κ3) is 2.74. The Balaban J connectivity index is 1.88. The summed E-state index contributed by atoms with van der Waals surface area (Å²) in [7, 11) is 0.